The molecular weight excluding hydrogens is 376 g/mol. The van der Waals surface area contributed by atoms with Gasteiger partial charge in [-0.15, -0.1) is 0 Å². The molecular formula is C21H34N2O6. The second-order valence-corrected chi connectivity index (χ2v) is 8.40. The van der Waals surface area contributed by atoms with Crippen molar-refractivity contribution in [3.8, 4) is 0 Å². The molecule has 2 amide bonds. The summed E-state index contributed by atoms with van der Waals surface area (Å²) in [6.45, 7) is 6.06. The van der Waals surface area contributed by atoms with Crippen molar-refractivity contribution in [3.05, 3.63) is 0 Å². The van der Waals surface area contributed by atoms with E-state index < -0.39 is 17.9 Å². The lowest BCUT2D eigenvalue weighted by Gasteiger charge is -2.29. The Morgan fingerprint density at radius 3 is 2.48 bits per heavy atom. The molecule has 1 aliphatic heterocycles. The van der Waals surface area contributed by atoms with E-state index in [1.165, 1.54) is 7.11 Å². The van der Waals surface area contributed by atoms with E-state index >= 15 is 0 Å². The number of carbonyl (C=O) groups excluding carboxylic acids is 4. The molecule has 0 aromatic rings. The molecule has 2 aliphatic rings. The molecule has 8 heteroatoms. The second kappa shape index (κ2) is 11.3. The van der Waals surface area contributed by atoms with Crippen LogP contribution in [0.2, 0.25) is 0 Å². The lowest BCUT2D eigenvalue weighted by Crippen LogP contribution is -2.47. The van der Waals surface area contributed by atoms with Crippen molar-refractivity contribution in [1.29, 1.82) is 0 Å². The molecule has 1 heterocycles. The fourth-order valence-electron chi connectivity index (χ4n) is 4.07. The number of morpholine rings is 1. The average Bonchev–Trinajstić information content (AvgIpc) is 3.11. The summed E-state index contributed by atoms with van der Waals surface area (Å²) in [6.07, 6.45) is 2.96. The zero-order valence-electron chi connectivity index (χ0n) is 17.8. The van der Waals surface area contributed by atoms with Crippen LogP contribution in [0.5, 0.6) is 0 Å². The Bertz CT molecular complexity index is 600. The highest BCUT2D eigenvalue weighted by Gasteiger charge is 2.34. The minimum Gasteiger partial charge on any atom is -0.467 e. The molecule has 164 valence electrons. The van der Waals surface area contributed by atoms with Crippen molar-refractivity contribution in [1.82, 2.24) is 10.2 Å². The summed E-state index contributed by atoms with van der Waals surface area (Å²) in [7, 11) is 1.27. The highest BCUT2D eigenvalue weighted by Crippen LogP contribution is 2.26. The first-order chi connectivity index (χ1) is 13.8. The first-order valence-electron chi connectivity index (χ1n) is 10.6. The largest absolute Gasteiger partial charge is 0.467 e. The van der Waals surface area contributed by atoms with Crippen molar-refractivity contribution in [3.63, 3.8) is 0 Å². The fourth-order valence-corrected chi connectivity index (χ4v) is 4.07. The topological polar surface area (TPSA) is 102 Å². The van der Waals surface area contributed by atoms with Gasteiger partial charge < -0.3 is 19.7 Å². The van der Waals surface area contributed by atoms with Crippen LogP contribution in [0.1, 0.15) is 52.4 Å². The van der Waals surface area contributed by atoms with Gasteiger partial charge in [0.15, 0.2) is 0 Å². The lowest BCUT2D eigenvalue weighted by atomic mass is 9.91. The van der Waals surface area contributed by atoms with Crippen molar-refractivity contribution < 1.29 is 28.7 Å². The van der Waals surface area contributed by atoms with Crippen LogP contribution in [-0.2, 0) is 28.7 Å². The van der Waals surface area contributed by atoms with Gasteiger partial charge in [0.2, 0.25) is 11.8 Å². The Hall–Kier alpha value is -1.96. The third-order valence-corrected chi connectivity index (χ3v) is 5.67. The number of hydrogen-bond donors (Lipinski definition) is 1. The lowest BCUT2D eigenvalue weighted by molar-refractivity contribution is -0.147. The SMILES string of the molecule is COC(=O)[C@H](CC1CCCC1=O)NC(=O)[C@@H](CC(=O)N1CCOCC1)CC(C)C. The van der Waals surface area contributed by atoms with Crippen LogP contribution in [0.4, 0.5) is 0 Å². The van der Waals surface area contributed by atoms with Crippen LogP contribution in [-0.4, -0.2) is 67.9 Å². The molecule has 1 saturated carbocycles. The number of ketones is 1. The summed E-state index contributed by atoms with van der Waals surface area (Å²) in [4.78, 5) is 51.6. The van der Waals surface area contributed by atoms with Crippen molar-refractivity contribution >= 4 is 23.6 Å². The minimum atomic E-state index is -0.868. The Balaban J connectivity index is 2.03. The molecule has 1 saturated heterocycles. The Morgan fingerprint density at radius 2 is 1.93 bits per heavy atom. The maximum Gasteiger partial charge on any atom is 0.328 e. The quantitative estimate of drug-likeness (QED) is 0.575. The van der Waals surface area contributed by atoms with Gasteiger partial charge in [-0.2, -0.15) is 0 Å². The summed E-state index contributed by atoms with van der Waals surface area (Å²) < 4.78 is 10.1. The third kappa shape index (κ3) is 7.10. The van der Waals surface area contributed by atoms with Gasteiger partial charge in [0, 0.05) is 37.8 Å². The molecule has 3 atom stereocenters. The number of ether oxygens (including phenoxy) is 2. The van der Waals surface area contributed by atoms with Crippen LogP contribution in [0.15, 0.2) is 0 Å². The van der Waals surface area contributed by atoms with Crippen LogP contribution in [0.25, 0.3) is 0 Å². The smallest absolute Gasteiger partial charge is 0.328 e. The van der Waals surface area contributed by atoms with Crippen LogP contribution >= 0.6 is 0 Å². The molecule has 1 N–H and O–H groups in total. The molecule has 2 fully saturated rings. The van der Waals surface area contributed by atoms with Crippen LogP contribution < -0.4 is 5.32 Å². The molecule has 0 radical (unpaired) electrons. The molecule has 2 rings (SSSR count). The van der Waals surface area contributed by atoms with Crippen LogP contribution in [0.3, 0.4) is 0 Å². The van der Waals surface area contributed by atoms with Gasteiger partial charge in [-0.1, -0.05) is 13.8 Å². The number of esters is 1. The predicted octanol–water partition coefficient (Wildman–Crippen LogP) is 1.31. The Labute approximate surface area is 172 Å². The standard InChI is InChI=1S/C21H34N2O6/c1-14(2)11-16(13-19(25)23-7-9-29-10-8-23)20(26)22-17(21(27)28-3)12-15-5-4-6-18(15)24/h14-17H,4-13H2,1-3H3,(H,22,26)/t15?,16-,17+/m1/s1. The molecule has 0 bridgehead atoms. The van der Waals surface area contributed by atoms with Gasteiger partial charge in [-0.25, -0.2) is 4.79 Å². The number of hydrogen-bond acceptors (Lipinski definition) is 6. The number of Topliss-reactive ketones (excluding diaryl/α,β-unsaturated/α-hetero) is 1. The van der Waals surface area contributed by atoms with Gasteiger partial charge in [0.1, 0.15) is 11.8 Å². The number of nitrogens with one attached hydrogen (secondary N) is 1. The molecule has 8 nitrogen and oxygen atoms in total. The van der Waals surface area contributed by atoms with Crippen molar-refractivity contribution in [2.24, 2.45) is 17.8 Å². The number of methoxy groups -OCH3 is 1. The van der Waals surface area contributed by atoms with Gasteiger partial charge >= 0.3 is 5.97 Å². The maximum absolute atomic E-state index is 13.0. The molecule has 1 unspecified atom stereocenters. The van der Waals surface area contributed by atoms with Crippen molar-refractivity contribution in [2.45, 2.75) is 58.4 Å². The van der Waals surface area contributed by atoms with E-state index in [1.54, 1.807) is 4.90 Å². The summed E-state index contributed by atoms with van der Waals surface area (Å²) in [5.41, 5.74) is 0. The van der Waals surface area contributed by atoms with Gasteiger partial charge in [-0.3, -0.25) is 14.4 Å². The van der Waals surface area contributed by atoms with Gasteiger partial charge in [0.25, 0.3) is 0 Å². The first-order valence-corrected chi connectivity index (χ1v) is 10.6. The van der Waals surface area contributed by atoms with E-state index in [4.69, 9.17) is 9.47 Å². The van der Waals surface area contributed by atoms with Gasteiger partial charge in [0.05, 0.1) is 20.3 Å². The molecule has 0 spiro atoms. The predicted molar refractivity (Wildman–Crippen MR) is 106 cm³/mol. The van der Waals surface area contributed by atoms with Crippen LogP contribution in [0, 0.1) is 17.8 Å². The first kappa shape index (κ1) is 23.3. The minimum absolute atomic E-state index is 0.0744. The van der Waals surface area contributed by atoms with Gasteiger partial charge in [-0.05, 0) is 31.6 Å². The van der Waals surface area contributed by atoms with E-state index in [2.05, 4.69) is 5.32 Å². The monoisotopic (exact) mass is 410 g/mol. The zero-order chi connectivity index (χ0) is 21.4. The fraction of sp³-hybridized carbons (Fsp3) is 0.810. The highest BCUT2D eigenvalue weighted by molar-refractivity contribution is 5.90. The summed E-state index contributed by atoms with van der Waals surface area (Å²) in [5.74, 6) is -1.36. The zero-order valence-corrected chi connectivity index (χ0v) is 17.8. The van der Waals surface area contributed by atoms with E-state index in [1.807, 2.05) is 13.8 Å². The van der Waals surface area contributed by atoms with Crippen molar-refractivity contribution in [2.75, 3.05) is 33.4 Å². The summed E-state index contributed by atoms with van der Waals surface area (Å²) in [6, 6.07) is -0.868. The number of carbonyl (C=O) groups is 4. The summed E-state index contributed by atoms with van der Waals surface area (Å²) >= 11 is 0. The maximum atomic E-state index is 13.0. The number of nitrogens with zero attached hydrogens (tertiary/aromatic N) is 1. The van der Waals surface area contributed by atoms with E-state index in [9.17, 15) is 19.2 Å². The van der Waals surface area contributed by atoms with E-state index in [0.29, 0.717) is 39.1 Å². The average molecular weight is 411 g/mol. The van der Waals surface area contributed by atoms with E-state index in [0.717, 1.165) is 12.8 Å². The highest BCUT2D eigenvalue weighted by atomic mass is 16.5. The summed E-state index contributed by atoms with van der Waals surface area (Å²) in [5, 5.41) is 2.77. The Morgan fingerprint density at radius 1 is 1.24 bits per heavy atom. The second-order valence-electron chi connectivity index (χ2n) is 8.40. The molecule has 0 aromatic heterocycles. The normalized spacial score (nSPS) is 21.7. The molecule has 1 aliphatic carbocycles. The molecule has 29 heavy (non-hydrogen) atoms. The van der Waals surface area contributed by atoms with E-state index in [-0.39, 0.29) is 42.3 Å². The molecule has 0 aromatic carbocycles. The number of rotatable bonds is 9. The number of amides is 2. The Kier molecular flexibility index (Phi) is 9.07. The third-order valence-electron chi connectivity index (χ3n) is 5.67.